The zero-order chi connectivity index (χ0) is 24.2. The number of carbonyl (C=O) groups is 3. The van der Waals surface area contributed by atoms with Gasteiger partial charge >= 0.3 is 11.8 Å². The van der Waals surface area contributed by atoms with E-state index < -0.39 is 23.5 Å². The lowest BCUT2D eigenvalue weighted by atomic mass is 9.96. The summed E-state index contributed by atoms with van der Waals surface area (Å²) in [5.74, 6) is -1.33. The van der Waals surface area contributed by atoms with E-state index >= 15 is 0 Å². The maximum Gasteiger partial charge on any atom is 0.420 e. The Labute approximate surface area is 192 Å². The van der Waals surface area contributed by atoms with Crippen molar-refractivity contribution in [1.29, 1.82) is 0 Å². The number of ether oxygens (including phenoxy) is 1. The summed E-state index contributed by atoms with van der Waals surface area (Å²) in [5, 5.41) is 5.40. The van der Waals surface area contributed by atoms with Crippen LogP contribution in [0, 0.1) is 5.92 Å². The Morgan fingerprint density at radius 3 is 2.61 bits per heavy atom. The van der Waals surface area contributed by atoms with Crippen LogP contribution < -0.4 is 16.4 Å². The summed E-state index contributed by atoms with van der Waals surface area (Å²) >= 11 is 0. The van der Waals surface area contributed by atoms with E-state index in [1.807, 2.05) is 0 Å². The van der Waals surface area contributed by atoms with E-state index in [1.54, 1.807) is 56.9 Å². The highest BCUT2D eigenvalue weighted by Crippen LogP contribution is 2.22. The molecule has 3 amide bonds. The van der Waals surface area contributed by atoms with Gasteiger partial charge < -0.3 is 24.7 Å². The van der Waals surface area contributed by atoms with Gasteiger partial charge in [-0.2, -0.15) is 0 Å². The molecule has 3 rings (SSSR count). The minimum absolute atomic E-state index is 0.169. The van der Waals surface area contributed by atoms with Crippen molar-refractivity contribution in [2.24, 2.45) is 5.92 Å². The SMILES string of the molecule is CC(C(=O)N1CCCC(C(=O)NCCNC(=O)OC(C)(C)C)C1)n1c(=O)oc2ccccc21. The van der Waals surface area contributed by atoms with Gasteiger partial charge in [-0.3, -0.25) is 14.2 Å². The van der Waals surface area contributed by atoms with E-state index in [0.717, 1.165) is 0 Å². The molecule has 2 atom stereocenters. The Morgan fingerprint density at radius 1 is 1.18 bits per heavy atom. The van der Waals surface area contributed by atoms with E-state index in [2.05, 4.69) is 10.6 Å². The summed E-state index contributed by atoms with van der Waals surface area (Å²) in [6.07, 6.45) is 0.813. The van der Waals surface area contributed by atoms with E-state index in [-0.39, 0.29) is 37.4 Å². The number of oxazole rings is 1. The molecule has 2 unspecified atom stereocenters. The van der Waals surface area contributed by atoms with Crippen LogP contribution in [0.5, 0.6) is 0 Å². The second kappa shape index (κ2) is 10.1. The third-order valence-corrected chi connectivity index (χ3v) is 5.46. The second-order valence-corrected chi connectivity index (χ2v) is 9.22. The van der Waals surface area contributed by atoms with Crippen molar-refractivity contribution in [3.8, 4) is 0 Å². The van der Waals surface area contributed by atoms with Crippen LogP contribution in [-0.4, -0.2) is 59.2 Å². The number of hydrogen-bond acceptors (Lipinski definition) is 6. The number of carbonyl (C=O) groups excluding carboxylic acids is 3. The molecule has 0 radical (unpaired) electrons. The fourth-order valence-electron chi connectivity index (χ4n) is 3.93. The average Bonchev–Trinajstić information content (AvgIpc) is 3.10. The number of benzene rings is 1. The number of likely N-dealkylation sites (tertiary alicyclic amines) is 1. The highest BCUT2D eigenvalue weighted by Gasteiger charge is 2.32. The number of rotatable bonds is 6. The van der Waals surface area contributed by atoms with Crippen molar-refractivity contribution in [2.45, 2.75) is 52.2 Å². The quantitative estimate of drug-likeness (QED) is 0.636. The molecule has 1 aromatic carbocycles. The predicted molar refractivity (Wildman–Crippen MR) is 122 cm³/mol. The van der Waals surface area contributed by atoms with Gasteiger partial charge in [0.1, 0.15) is 11.6 Å². The molecule has 1 fully saturated rings. The number of alkyl carbamates (subject to hydrolysis) is 1. The van der Waals surface area contributed by atoms with Gasteiger partial charge in [0.15, 0.2) is 5.58 Å². The Hall–Kier alpha value is -3.30. The van der Waals surface area contributed by atoms with Crippen LogP contribution in [0.3, 0.4) is 0 Å². The molecular formula is C23H32N4O6. The molecule has 2 N–H and O–H groups in total. The standard InChI is InChI=1S/C23H32N4O6/c1-15(27-17-9-5-6-10-18(17)32-22(27)31)20(29)26-13-7-8-16(14-26)19(28)24-11-12-25-21(30)33-23(2,3)4/h5-6,9-10,15-16H,7-8,11-14H2,1-4H3,(H,24,28)(H,25,30). The first-order chi connectivity index (χ1) is 15.6. The van der Waals surface area contributed by atoms with Crippen LogP contribution in [0.4, 0.5) is 4.79 Å². The molecule has 0 bridgehead atoms. The summed E-state index contributed by atoms with van der Waals surface area (Å²) in [6.45, 7) is 8.29. The molecule has 2 aromatic rings. The van der Waals surface area contributed by atoms with Crippen molar-refractivity contribution in [1.82, 2.24) is 20.1 Å². The Morgan fingerprint density at radius 2 is 1.88 bits per heavy atom. The van der Waals surface area contributed by atoms with Crippen LogP contribution in [0.25, 0.3) is 11.1 Å². The largest absolute Gasteiger partial charge is 0.444 e. The number of piperidine rings is 1. The molecular weight excluding hydrogens is 428 g/mol. The summed E-state index contributed by atoms with van der Waals surface area (Å²) in [7, 11) is 0. The van der Waals surface area contributed by atoms with Gasteiger partial charge in [0.2, 0.25) is 11.8 Å². The van der Waals surface area contributed by atoms with E-state index in [9.17, 15) is 19.2 Å². The van der Waals surface area contributed by atoms with Crippen molar-refractivity contribution >= 4 is 29.0 Å². The van der Waals surface area contributed by atoms with Crippen molar-refractivity contribution in [3.63, 3.8) is 0 Å². The number of nitrogens with zero attached hydrogens (tertiary/aromatic N) is 2. The van der Waals surface area contributed by atoms with Crippen LogP contribution in [0.2, 0.25) is 0 Å². The summed E-state index contributed by atoms with van der Waals surface area (Å²) < 4.78 is 11.8. The number of nitrogens with one attached hydrogen (secondary N) is 2. The number of fused-ring (bicyclic) bond motifs is 1. The molecule has 1 saturated heterocycles. The molecule has 2 heterocycles. The number of amides is 3. The number of aromatic nitrogens is 1. The molecule has 1 aliphatic heterocycles. The molecule has 0 saturated carbocycles. The third kappa shape index (κ3) is 6.15. The van der Waals surface area contributed by atoms with Gasteiger partial charge in [-0.25, -0.2) is 9.59 Å². The van der Waals surface area contributed by atoms with Gasteiger partial charge in [0.05, 0.1) is 11.4 Å². The monoisotopic (exact) mass is 460 g/mol. The molecule has 10 heteroatoms. The molecule has 1 aliphatic rings. The normalized spacial score (nSPS) is 17.5. The van der Waals surface area contributed by atoms with E-state index in [1.165, 1.54) is 4.57 Å². The van der Waals surface area contributed by atoms with E-state index in [4.69, 9.17) is 9.15 Å². The zero-order valence-corrected chi connectivity index (χ0v) is 19.6. The Bertz CT molecular complexity index is 1070. The maximum absolute atomic E-state index is 13.1. The number of hydrogen-bond donors (Lipinski definition) is 2. The Balaban J connectivity index is 1.53. The first kappa shape index (κ1) is 24.3. The smallest absolute Gasteiger partial charge is 0.420 e. The molecule has 1 aromatic heterocycles. The van der Waals surface area contributed by atoms with Crippen LogP contribution in [0.15, 0.2) is 33.5 Å². The molecule has 180 valence electrons. The fourth-order valence-corrected chi connectivity index (χ4v) is 3.93. The van der Waals surface area contributed by atoms with Crippen LogP contribution >= 0.6 is 0 Å². The summed E-state index contributed by atoms with van der Waals surface area (Å²) in [6, 6.07) is 6.22. The van der Waals surface area contributed by atoms with Crippen molar-refractivity contribution in [2.75, 3.05) is 26.2 Å². The number of para-hydroxylation sites is 2. The van der Waals surface area contributed by atoms with Gasteiger partial charge in [-0.1, -0.05) is 12.1 Å². The van der Waals surface area contributed by atoms with Crippen molar-refractivity contribution in [3.05, 3.63) is 34.8 Å². The van der Waals surface area contributed by atoms with Crippen molar-refractivity contribution < 1.29 is 23.5 Å². The van der Waals surface area contributed by atoms with Gasteiger partial charge in [-0.15, -0.1) is 0 Å². The first-order valence-corrected chi connectivity index (χ1v) is 11.2. The lowest BCUT2D eigenvalue weighted by Gasteiger charge is -2.33. The van der Waals surface area contributed by atoms with Gasteiger partial charge in [0.25, 0.3) is 0 Å². The molecule has 33 heavy (non-hydrogen) atoms. The lowest BCUT2D eigenvalue weighted by Crippen LogP contribution is -2.48. The highest BCUT2D eigenvalue weighted by molar-refractivity contribution is 5.84. The highest BCUT2D eigenvalue weighted by atomic mass is 16.6. The Kier molecular flexibility index (Phi) is 7.45. The second-order valence-electron chi connectivity index (χ2n) is 9.22. The van der Waals surface area contributed by atoms with Crippen LogP contribution in [-0.2, 0) is 14.3 Å². The molecule has 0 spiro atoms. The van der Waals surface area contributed by atoms with E-state index in [0.29, 0.717) is 30.5 Å². The van der Waals surface area contributed by atoms with Gasteiger partial charge in [0, 0.05) is 26.2 Å². The summed E-state index contributed by atoms with van der Waals surface area (Å²) in [5.41, 5.74) is 0.404. The lowest BCUT2D eigenvalue weighted by molar-refractivity contribution is -0.138. The fraction of sp³-hybridized carbons (Fsp3) is 0.565. The minimum atomic E-state index is -0.749. The summed E-state index contributed by atoms with van der Waals surface area (Å²) in [4.78, 5) is 51.4. The minimum Gasteiger partial charge on any atom is -0.444 e. The predicted octanol–water partition coefficient (Wildman–Crippen LogP) is 2.04. The topological polar surface area (TPSA) is 123 Å². The maximum atomic E-state index is 13.1. The van der Waals surface area contributed by atoms with Gasteiger partial charge in [-0.05, 0) is 52.7 Å². The zero-order valence-electron chi connectivity index (χ0n) is 19.6. The molecule has 10 nitrogen and oxygen atoms in total. The molecule has 0 aliphatic carbocycles. The third-order valence-electron chi connectivity index (χ3n) is 5.46. The first-order valence-electron chi connectivity index (χ1n) is 11.2. The average molecular weight is 461 g/mol. The van der Waals surface area contributed by atoms with Crippen LogP contribution in [0.1, 0.15) is 46.6 Å².